The van der Waals surface area contributed by atoms with E-state index in [0.29, 0.717) is 74.7 Å². The highest BCUT2D eigenvalue weighted by Gasteiger charge is 2.14. The SMILES string of the molecule is CC(N)Cc1cccc(CO)c1.CSc1nccc(Nc2nc(-c3ccccc3)cc(=O)n2C)n1.Cc1nccc(Nc2nc(-c3ccccc3)cc(=O)n2C)n1.Cn1c(N)nc(-c2ccccc2)cc1=O.Cn1c(Nc2ccnc(S(C)=O)n2)nc(-c2ccccc2)cc1=O.Nc1nc(-c2ccccc2)cc(=O)[nH]1. The standard InChI is InChI=1S/C16H15N5O2S.C16H15N5OS.C16H15N5O.C11H11N3O.C10H9N3O.C10H15NO/c1-21-14(22)10-12(11-6-4-3-5-7-11)18-15(21)19-13-8-9-17-16(20-13)24(2)23;1-21-14(22)10-12(11-6-4-3-5-7-11)18-15(21)19-13-8-9-17-16(20-13)23-2;1-11-17-9-8-14(18-11)20-16-19-13(10-15(22)21(16)2)12-6-4-3-5-7-12;1-14-10(15)7-9(13-11(14)12)8-5-3-2-4-6-8;11-10-12-8(6-9(14)13-10)7-4-2-1-3-5-7;1-8(11)5-9-3-2-4-10(6-9)7-12/h3-10H,1-2H3,(H,17,18,19,20);3-10H,1-2H3,(H,17,18,19,20);3-10H,1-2H3,(H,17,18,19,20);2-7H,1H3,(H2,12,13);1-6H,(H3,11,12,13,14);2-4,6,8,12H,5,7,11H2,1H3. The first-order valence-corrected chi connectivity index (χ1v) is 36.6. The van der Waals surface area contributed by atoms with Gasteiger partial charge in [-0.2, -0.15) is 0 Å². The van der Waals surface area contributed by atoms with Crippen molar-refractivity contribution in [3.8, 4) is 56.3 Å². The molecule has 6 aromatic carbocycles. The number of H-pyrrole nitrogens is 1. The van der Waals surface area contributed by atoms with Gasteiger partial charge in [-0.1, -0.05) is 188 Å². The minimum Gasteiger partial charge on any atom is -0.392 e. The fraction of sp³-hybridized carbons (Fsp3) is 0.139. The first kappa shape index (κ1) is 80.5. The molecule has 0 aliphatic rings. The van der Waals surface area contributed by atoms with E-state index in [0.717, 1.165) is 39.8 Å². The molecule has 0 bridgehead atoms. The van der Waals surface area contributed by atoms with Crippen molar-refractivity contribution in [2.45, 2.75) is 43.2 Å². The molecule has 0 aliphatic heterocycles. The Morgan fingerprint density at radius 1 is 0.455 bits per heavy atom. The van der Waals surface area contributed by atoms with Crippen LogP contribution in [0.3, 0.4) is 0 Å². The van der Waals surface area contributed by atoms with E-state index in [1.165, 1.54) is 78.4 Å². The van der Waals surface area contributed by atoms with Gasteiger partial charge >= 0.3 is 0 Å². The largest absolute Gasteiger partial charge is 0.392 e. The van der Waals surface area contributed by atoms with Crippen molar-refractivity contribution < 1.29 is 9.32 Å². The molecule has 11 N–H and O–H groups in total. The molecule has 2 atom stereocenters. The van der Waals surface area contributed by atoms with Crippen LogP contribution in [0.1, 0.15) is 23.9 Å². The predicted octanol–water partition coefficient (Wildman–Crippen LogP) is 9.83. The molecule has 0 fully saturated rings. The molecule has 0 radical (unpaired) electrons. The number of hydrogen-bond acceptors (Lipinski definition) is 25. The lowest BCUT2D eigenvalue weighted by Gasteiger charge is -2.11. The number of aromatic amines is 1. The Bertz CT molecular complexity index is 5730. The highest BCUT2D eigenvalue weighted by Crippen LogP contribution is 2.23. The zero-order valence-corrected chi connectivity index (χ0v) is 62.9. The molecule has 14 aromatic rings. The molecule has 14 rings (SSSR count). The summed E-state index contributed by atoms with van der Waals surface area (Å²) in [5.74, 6) is 3.83. The number of anilines is 8. The maximum atomic E-state index is 12.2. The number of nitrogens with zero attached hydrogens (tertiary/aromatic N) is 15. The van der Waals surface area contributed by atoms with Crippen LogP contribution in [0.5, 0.6) is 0 Å². The second-order valence-corrected chi connectivity index (χ2v) is 26.0. The van der Waals surface area contributed by atoms with Crippen LogP contribution in [0.4, 0.5) is 47.2 Å². The first-order chi connectivity index (χ1) is 53.0. The van der Waals surface area contributed by atoms with Crippen molar-refractivity contribution in [3.63, 3.8) is 0 Å². The first-order valence-electron chi connectivity index (χ1n) is 33.8. The maximum Gasteiger partial charge on any atom is 0.255 e. The molecule has 110 heavy (non-hydrogen) atoms. The molecule has 8 heterocycles. The molecule has 0 saturated carbocycles. The summed E-state index contributed by atoms with van der Waals surface area (Å²) in [4.78, 5) is 108. The van der Waals surface area contributed by atoms with Crippen LogP contribution >= 0.6 is 11.8 Å². The fourth-order valence-electron chi connectivity index (χ4n) is 9.93. The van der Waals surface area contributed by atoms with Crippen LogP contribution in [-0.4, -0.2) is 106 Å². The average Bonchev–Trinajstić information content (AvgIpc) is 0.825. The molecular formula is C79H80N22O7S2. The zero-order chi connectivity index (χ0) is 78.6. The number of nitrogens with one attached hydrogen (secondary N) is 4. The van der Waals surface area contributed by atoms with E-state index in [2.05, 4.69) is 75.8 Å². The summed E-state index contributed by atoms with van der Waals surface area (Å²) in [5.41, 5.74) is 25.4. The van der Waals surface area contributed by atoms with Crippen LogP contribution < -0.4 is 60.9 Å². The number of aliphatic hydroxyl groups is 1. The summed E-state index contributed by atoms with van der Waals surface area (Å²) < 4.78 is 17.1. The van der Waals surface area contributed by atoms with E-state index in [-0.39, 0.29) is 57.5 Å². The van der Waals surface area contributed by atoms with Gasteiger partial charge in [0.25, 0.3) is 27.8 Å². The van der Waals surface area contributed by atoms with E-state index < -0.39 is 10.8 Å². The highest BCUT2D eigenvalue weighted by molar-refractivity contribution is 7.98. The summed E-state index contributed by atoms with van der Waals surface area (Å²) in [6.07, 6.45) is 9.11. The average molecular weight is 1510 g/mol. The van der Waals surface area contributed by atoms with Crippen LogP contribution in [0, 0.1) is 6.92 Å². The third-order valence-corrected chi connectivity index (χ3v) is 16.9. The van der Waals surface area contributed by atoms with Gasteiger partial charge in [-0.05, 0) is 55.9 Å². The van der Waals surface area contributed by atoms with Crippen LogP contribution in [0.25, 0.3) is 56.3 Å². The van der Waals surface area contributed by atoms with Crippen molar-refractivity contribution in [3.05, 3.63) is 312 Å². The second kappa shape index (κ2) is 39.7. The summed E-state index contributed by atoms with van der Waals surface area (Å²) in [5, 5.41) is 18.9. The van der Waals surface area contributed by atoms with Gasteiger partial charge in [-0.25, -0.2) is 54.8 Å². The van der Waals surface area contributed by atoms with Crippen molar-refractivity contribution in [2.75, 3.05) is 39.9 Å². The lowest BCUT2D eigenvalue weighted by atomic mass is 10.1. The van der Waals surface area contributed by atoms with E-state index in [1.807, 2.05) is 189 Å². The predicted molar refractivity (Wildman–Crippen MR) is 433 cm³/mol. The van der Waals surface area contributed by atoms with Gasteiger partial charge in [0.15, 0.2) is 5.16 Å². The Labute approximate surface area is 638 Å². The number of rotatable bonds is 16. The number of nitrogens with two attached hydrogens (primary N) is 3. The van der Waals surface area contributed by atoms with Gasteiger partial charge < -0.3 is 38.3 Å². The maximum absolute atomic E-state index is 12.2. The highest BCUT2D eigenvalue weighted by atomic mass is 32.2. The molecule has 2 unspecified atom stereocenters. The van der Waals surface area contributed by atoms with Gasteiger partial charge in [-0.3, -0.25) is 51.4 Å². The normalized spacial score (nSPS) is 11.0. The monoisotopic (exact) mass is 1510 g/mol. The molecule has 0 amide bonds. The Balaban J connectivity index is 0.000000155. The molecule has 560 valence electrons. The Morgan fingerprint density at radius 2 is 0.827 bits per heavy atom. The van der Waals surface area contributed by atoms with Gasteiger partial charge in [0.05, 0.1) is 45.9 Å². The Hall–Kier alpha value is -13.6. The quantitative estimate of drug-likeness (QED) is 0.0329. The number of thioether (sulfide) groups is 1. The van der Waals surface area contributed by atoms with Gasteiger partial charge in [0.2, 0.25) is 34.9 Å². The summed E-state index contributed by atoms with van der Waals surface area (Å²) in [7, 11) is 5.26. The molecule has 29 nitrogen and oxygen atoms in total. The molecule has 0 spiro atoms. The number of aromatic nitrogens is 16. The summed E-state index contributed by atoms with van der Waals surface area (Å²) in [6.45, 7) is 3.89. The minimum absolute atomic E-state index is 0.104. The van der Waals surface area contributed by atoms with E-state index >= 15 is 0 Å². The molecular weight excluding hydrogens is 1430 g/mol. The summed E-state index contributed by atoms with van der Waals surface area (Å²) in [6, 6.07) is 68.1. The number of benzene rings is 6. The van der Waals surface area contributed by atoms with Gasteiger partial charge in [0, 0.05) is 117 Å². The molecule has 31 heteroatoms. The Morgan fingerprint density at radius 3 is 1.21 bits per heavy atom. The number of aryl methyl sites for hydroxylation is 1. The van der Waals surface area contributed by atoms with Gasteiger partial charge in [-0.15, -0.1) is 0 Å². The smallest absolute Gasteiger partial charge is 0.255 e. The van der Waals surface area contributed by atoms with Crippen molar-refractivity contribution in [1.82, 2.24) is 78.1 Å². The van der Waals surface area contributed by atoms with Crippen molar-refractivity contribution >= 4 is 69.8 Å². The zero-order valence-electron chi connectivity index (χ0n) is 61.2. The fourth-order valence-corrected chi connectivity index (χ4v) is 10.7. The molecule has 0 saturated heterocycles. The third-order valence-electron chi connectivity index (χ3n) is 15.6. The van der Waals surface area contributed by atoms with E-state index in [4.69, 9.17) is 22.3 Å². The molecule has 8 aromatic heterocycles. The summed E-state index contributed by atoms with van der Waals surface area (Å²) >= 11 is 1.45. The topological polar surface area (TPSA) is 414 Å². The van der Waals surface area contributed by atoms with Crippen molar-refractivity contribution in [1.29, 1.82) is 0 Å². The second-order valence-electron chi connectivity index (χ2n) is 24.0. The number of nitrogen functional groups attached to an aromatic ring is 2. The third kappa shape index (κ3) is 23.7. The van der Waals surface area contributed by atoms with Crippen LogP contribution in [0.15, 0.2) is 277 Å². The van der Waals surface area contributed by atoms with Crippen LogP contribution in [-0.2, 0) is 52.0 Å². The number of hydrogen-bond donors (Lipinski definition) is 8. The van der Waals surface area contributed by atoms with Crippen molar-refractivity contribution in [2.24, 2.45) is 33.9 Å². The lowest BCUT2D eigenvalue weighted by molar-refractivity contribution is 0.281. The van der Waals surface area contributed by atoms with E-state index in [9.17, 15) is 28.2 Å². The number of aliphatic hydroxyl groups excluding tert-OH is 1. The Kier molecular flexibility index (Phi) is 29.0. The van der Waals surface area contributed by atoms with E-state index in [1.54, 1.807) is 65.7 Å². The minimum atomic E-state index is -1.29. The van der Waals surface area contributed by atoms with Gasteiger partial charge in [0.1, 0.15) is 23.3 Å². The van der Waals surface area contributed by atoms with Crippen LogP contribution in [0.2, 0.25) is 0 Å². The lowest BCUT2D eigenvalue weighted by Crippen LogP contribution is -2.21. The molecule has 0 aliphatic carbocycles.